The summed E-state index contributed by atoms with van der Waals surface area (Å²) in [7, 11) is 1.54. The molecule has 0 aliphatic carbocycles. The molecule has 1 atom stereocenters. The highest BCUT2D eigenvalue weighted by Crippen LogP contribution is 2.21. The average molecular weight is 248 g/mol. The van der Waals surface area contributed by atoms with Crippen LogP contribution in [0.2, 0.25) is 0 Å². The minimum atomic E-state index is -0.846. The van der Waals surface area contributed by atoms with Gasteiger partial charge in [-0.1, -0.05) is 18.2 Å². The summed E-state index contributed by atoms with van der Waals surface area (Å²) in [6, 6.07) is 5.27. The molecule has 0 saturated heterocycles. The SMILES string of the molecule is CCCn1nncc1C(O)c1cccc(OC)n1. The summed E-state index contributed by atoms with van der Waals surface area (Å²) >= 11 is 0. The van der Waals surface area contributed by atoms with Crippen molar-refractivity contribution in [3.05, 3.63) is 35.8 Å². The van der Waals surface area contributed by atoms with E-state index in [-0.39, 0.29) is 0 Å². The van der Waals surface area contributed by atoms with E-state index < -0.39 is 6.10 Å². The molecule has 2 aromatic heterocycles. The predicted octanol–water partition coefficient (Wildman–Crippen LogP) is 1.17. The van der Waals surface area contributed by atoms with Crippen LogP contribution in [0, 0.1) is 0 Å². The number of aliphatic hydroxyl groups is 1. The molecule has 0 amide bonds. The minimum Gasteiger partial charge on any atom is -0.481 e. The van der Waals surface area contributed by atoms with Crippen LogP contribution in [0.15, 0.2) is 24.4 Å². The number of ether oxygens (including phenoxy) is 1. The van der Waals surface area contributed by atoms with E-state index in [1.165, 1.54) is 0 Å². The monoisotopic (exact) mass is 248 g/mol. The van der Waals surface area contributed by atoms with Gasteiger partial charge in [0.2, 0.25) is 5.88 Å². The fourth-order valence-electron chi connectivity index (χ4n) is 1.71. The van der Waals surface area contributed by atoms with Gasteiger partial charge in [0.1, 0.15) is 6.10 Å². The maximum absolute atomic E-state index is 10.3. The van der Waals surface area contributed by atoms with E-state index in [9.17, 15) is 5.11 Å². The zero-order valence-electron chi connectivity index (χ0n) is 10.4. The van der Waals surface area contributed by atoms with Gasteiger partial charge < -0.3 is 9.84 Å². The molecule has 0 aliphatic rings. The Bertz CT molecular complexity index is 512. The van der Waals surface area contributed by atoms with Crippen LogP contribution in [0.25, 0.3) is 0 Å². The molecule has 2 aromatic rings. The lowest BCUT2D eigenvalue weighted by Crippen LogP contribution is -2.11. The molecule has 0 saturated carbocycles. The highest BCUT2D eigenvalue weighted by atomic mass is 16.5. The van der Waals surface area contributed by atoms with Gasteiger partial charge in [-0.15, -0.1) is 5.10 Å². The van der Waals surface area contributed by atoms with Gasteiger partial charge in [-0.3, -0.25) is 0 Å². The van der Waals surface area contributed by atoms with Gasteiger partial charge in [0.05, 0.1) is 24.7 Å². The molecule has 96 valence electrons. The van der Waals surface area contributed by atoms with E-state index in [2.05, 4.69) is 15.3 Å². The standard InChI is InChI=1S/C12H16N4O2/c1-3-7-16-10(8-13-15-16)12(17)9-5-4-6-11(14-9)18-2/h4-6,8,12,17H,3,7H2,1-2H3. The molecule has 18 heavy (non-hydrogen) atoms. The van der Waals surface area contributed by atoms with Crippen molar-refractivity contribution in [2.24, 2.45) is 0 Å². The third-order valence-corrected chi connectivity index (χ3v) is 2.60. The van der Waals surface area contributed by atoms with Crippen molar-refractivity contribution in [2.75, 3.05) is 7.11 Å². The Hall–Kier alpha value is -1.95. The van der Waals surface area contributed by atoms with E-state index in [1.807, 2.05) is 6.92 Å². The number of aromatic nitrogens is 4. The number of hydrogen-bond donors (Lipinski definition) is 1. The van der Waals surface area contributed by atoms with Crippen LogP contribution in [0.1, 0.15) is 30.8 Å². The Labute approximate surface area is 105 Å². The molecule has 0 aromatic carbocycles. The molecule has 2 rings (SSSR count). The zero-order chi connectivity index (χ0) is 13.0. The molecule has 0 radical (unpaired) electrons. The highest BCUT2D eigenvalue weighted by molar-refractivity contribution is 5.22. The number of hydrogen-bond acceptors (Lipinski definition) is 5. The van der Waals surface area contributed by atoms with Crippen LogP contribution >= 0.6 is 0 Å². The largest absolute Gasteiger partial charge is 0.481 e. The van der Waals surface area contributed by atoms with E-state index in [0.717, 1.165) is 13.0 Å². The van der Waals surface area contributed by atoms with Crippen molar-refractivity contribution in [3.8, 4) is 5.88 Å². The second-order valence-corrected chi connectivity index (χ2v) is 3.89. The van der Waals surface area contributed by atoms with Gasteiger partial charge in [-0.2, -0.15) is 0 Å². The summed E-state index contributed by atoms with van der Waals surface area (Å²) in [5.74, 6) is 0.473. The zero-order valence-corrected chi connectivity index (χ0v) is 10.4. The molecule has 6 heteroatoms. The Kier molecular flexibility index (Phi) is 3.88. The van der Waals surface area contributed by atoms with Crippen LogP contribution in [0.4, 0.5) is 0 Å². The minimum absolute atomic E-state index is 0.473. The maximum atomic E-state index is 10.3. The number of pyridine rings is 1. The quantitative estimate of drug-likeness (QED) is 0.860. The molecule has 1 N–H and O–H groups in total. The van der Waals surface area contributed by atoms with Gasteiger partial charge in [0.15, 0.2) is 0 Å². The number of methoxy groups -OCH3 is 1. The third kappa shape index (κ3) is 2.48. The lowest BCUT2D eigenvalue weighted by atomic mass is 10.2. The molecule has 2 heterocycles. The maximum Gasteiger partial charge on any atom is 0.213 e. The smallest absolute Gasteiger partial charge is 0.213 e. The van der Waals surface area contributed by atoms with Crippen molar-refractivity contribution < 1.29 is 9.84 Å². The Morgan fingerprint density at radius 3 is 3.00 bits per heavy atom. The average Bonchev–Trinajstić information content (AvgIpc) is 2.86. The summed E-state index contributed by atoms with van der Waals surface area (Å²) < 4.78 is 6.73. The van der Waals surface area contributed by atoms with Crippen molar-refractivity contribution in [2.45, 2.75) is 26.0 Å². The van der Waals surface area contributed by atoms with Crippen LogP contribution in [-0.2, 0) is 6.54 Å². The lowest BCUT2D eigenvalue weighted by Gasteiger charge is -2.12. The number of nitrogens with zero attached hydrogens (tertiary/aromatic N) is 4. The fraction of sp³-hybridized carbons (Fsp3) is 0.417. The van der Waals surface area contributed by atoms with Gasteiger partial charge in [-0.25, -0.2) is 9.67 Å². The number of rotatable bonds is 5. The summed E-state index contributed by atoms with van der Waals surface area (Å²) in [5, 5.41) is 18.1. The lowest BCUT2D eigenvalue weighted by molar-refractivity contribution is 0.201. The molecule has 0 aliphatic heterocycles. The van der Waals surface area contributed by atoms with Gasteiger partial charge in [-0.05, 0) is 12.5 Å². The topological polar surface area (TPSA) is 73.1 Å². The summed E-state index contributed by atoms with van der Waals surface area (Å²) in [6.07, 6.45) is 1.64. The molecule has 0 fully saturated rings. The number of aliphatic hydroxyl groups excluding tert-OH is 1. The second-order valence-electron chi connectivity index (χ2n) is 3.89. The molecular weight excluding hydrogens is 232 g/mol. The van der Waals surface area contributed by atoms with Crippen molar-refractivity contribution in [3.63, 3.8) is 0 Å². The summed E-state index contributed by atoms with van der Waals surface area (Å²) in [6.45, 7) is 2.76. The Morgan fingerprint density at radius 1 is 1.44 bits per heavy atom. The van der Waals surface area contributed by atoms with Crippen LogP contribution in [0.3, 0.4) is 0 Å². The Morgan fingerprint density at radius 2 is 2.28 bits per heavy atom. The first-order valence-electron chi connectivity index (χ1n) is 5.83. The Balaban J connectivity index is 2.29. The number of aryl methyl sites for hydroxylation is 1. The van der Waals surface area contributed by atoms with Crippen LogP contribution < -0.4 is 4.74 Å². The van der Waals surface area contributed by atoms with E-state index in [4.69, 9.17) is 4.74 Å². The summed E-state index contributed by atoms with van der Waals surface area (Å²) in [4.78, 5) is 4.21. The third-order valence-electron chi connectivity index (χ3n) is 2.60. The van der Waals surface area contributed by atoms with E-state index >= 15 is 0 Å². The fourth-order valence-corrected chi connectivity index (χ4v) is 1.71. The molecule has 0 bridgehead atoms. The highest BCUT2D eigenvalue weighted by Gasteiger charge is 2.17. The first-order valence-corrected chi connectivity index (χ1v) is 5.83. The summed E-state index contributed by atoms with van der Waals surface area (Å²) in [5.41, 5.74) is 1.16. The molecule has 6 nitrogen and oxygen atoms in total. The van der Waals surface area contributed by atoms with Crippen molar-refractivity contribution in [1.82, 2.24) is 20.0 Å². The van der Waals surface area contributed by atoms with Gasteiger partial charge >= 0.3 is 0 Å². The van der Waals surface area contributed by atoms with E-state index in [0.29, 0.717) is 17.3 Å². The first-order chi connectivity index (χ1) is 8.76. The van der Waals surface area contributed by atoms with Gasteiger partial charge in [0, 0.05) is 12.6 Å². The van der Waals surface area contributed by atoms with E-state index in [1.54, 1.807) is 36.2 Å². The second kappa shape index (κ2) is 5.59. The van der Waals surface area contributed by atoms with Crippen molar-refractivity contribution in [1.29, 1.82) is 0 Å². The normalized spacial score (nSPS) is 12.4. The molecule has 0 spiro atoms. The van der Waals surface area contributed by atoms with Gasteiger partial charge in [0.25, 0.3) is 0 Å². The van der Waals surface area contributed by atoms with Crippen molar-refractivity contribution >= 4 is 0 Å². The predicted molar refractivity (Wildman–Crippen MR) is 65.2 cm³/mol. The molecule has 1 unspecified atom stereocenters. The van der Waals surface area contributed by atoms with Crippen LogP contribution in [0.5, 0.6) is 5.88 Å². The first kappa shape index (κ1) is 12.5. The molecular formula is C12H16N4O2. The van der Waals surface area contributed by atoms with Crippen LogP contribution in [-0.4, -0.2) is 32.2 Å².